The summed E-state index contributed by atoms with van der Waals surface area (Å²) in [7, 11) is 0. The summed E-state index contributed by atoms with van der Waals surface area (Å²) in [6.07, 6.45) is 9.40. The molecule has 2 unspecified atom stereocenters. The Morgan fingerprint density at radius 2 is 1.83 bits per heavy atom. The normalized spacial score (nSPS) is 31.4. The summed E-state index contributed by atoms with van der Waals surface area (Å²) >= 11 is 0. The van der Waals surface area contributed by atoms with E-state index in [4.69, 9.17) is 5.11 Å². The first kappa shape index (κ1) is 13.9. The predicted molar refractivity (Wildman–Crippen MR) is 72.6 cm³/mol. The third kappa shape index (κ3) is 3.47. The molecule has 3 heteroatoms. The van der Waals surface area contributed by atoms with E-state index in [1.165, 1.54) is 32.1 Å². The number of carboxylic acid groups (broad SMARTS) is 1. The van der Waals surface area contributed by atoms with Crippen LogP contribution in [0, 0.1) is 11.8 Å². The van der Waals surface area contributed by atoms with Crippen molar-refractivity contribution in [2.45, 2.75) is 64.3 Å². The molecular formula is C15H27NO2. The van der Waals surface area contributed by atoms with Crippen molar-refractivity contribution in [2.75, 3.05) is 13.1 Å². The first-order valence-electron chi connectivity index (χ1n) is 7.66. The molecule has 0 aromatic carbocycles. The van der Waals surface area contributed by atoms with Crippen molar-refractivity contribution < 1.29 is 9.90 Å². The van der Waals surface area contributed by atoms with Crippen LogP contribution < -0.4 is 0 Å². The molecule has 1 aliphatic carbocycles. The lowest BCUT2D eigenvalue weighted by molar-refractivity contribution is -0.138. The van der Waals surface area contributed by atoms with E-state index in [-0.39, 0.29) is 0 Å². The monoisotopic (exact) mass is 253 g/mol. The van der Waals surface area contributed by atoms with E-state index in [1.54, 1.807) is 0 Å². The lowest BCUT2D eigenvalue weighted by atomic mass is 9.80. The van der Waals surface area contributed by atoms with Crippen molar-refractivity contribution in [3.8, 4) is 0 Å². The van der Waals surface area contributed by atoms with Gasteiger partial charge in [-0.1, -0.05) is 26.2 Å². The third-order valence-electron chi connectivity index (χ3n) is 4.97. The molecule has 18 heavy (non-hydrogen) atoms. The van der Waals surface area contributed by atoms with Crippen molar-refractivity contribution in [3.05, 3.63) is 0 Å². The third-order valence-corrected chi connectivity index (χ3v) is 4.97. The average Bonchev–Trinajstić information content (AvgIpc) is 2.39. The first-order chi connectivity index (χ1) is 8.70. The van der Waals surface area contributed by atoms with Crippen LogP contribution in [-0.4, -0.2) is 35.1 Å². The van der Waals surface area contributed by atoms with E-state index >= 15 is 0 Å². The largest absolute Gasteiger partial charge is 0.481 e. The fourth-order valence-electron chi connectivity index (χ4n) is 3.88. The molecule has 1 saturated heterocycles. The molecule has 0 bridgehead atoms. The van der Waals surface area contributed by atoms with Gasteiger partial charge >= 0.3 is 5.97 Å². The minimum absolute atomic E-state index is 0.371. The van der Waals surface area contributed by atoms with Gasteiger partial charge in [-0.2, -0.15) is 0 Å². The van der Waals surface area contributed by atoms with Crippen LogP contribution in [0.15, 0.2) is 0 Å². The van der Waals surface area contributed by atoms with Crippen LogP contribution in [0.5, 0.6) is 0 Å². The van der Waals surface area contributed by atoms with Gasteiger partial charge in [-0.15, -0.1) is 0 Å². The standard InChI is InChI=1S/C15H27NO2/c1-2-13-5-3-4-6-14(13)16-9-7-12(8-10-16)11-15(17)18/h12-14H,2-11H2,1H3,(H,17,18). The quantitative estimate of drug-likeness (QED) is 0.836. The summed E-state index contributed by atoms with van der Waals surface area (Å²) in [5, 5.41) is 8.85. The minimum atomic E-state index is -0.627. The molecule has 1 saturated carbocycles. The maximum absolute atomic E-state index is 10.7. The van der Waals surface area contributed by atoms with Crippen molar-refractivity contribution in [2.24, 2.45) is 11.8 Å². The Bertz CT molecular complexity index is 272. The number of rotatable bonds is 4. The van der Waals surface area contributed by atoms with Crippen molar-refractivity contribution >= 4 is 5.97 Å². The number of likely N-dealkylation sites (tertiary alicyclic amines) is 1. The van der Waals surface area contributed by atoms with Gasteiger partial charge in [0.25, 0.3) is 0 Å². The molecular weight excluding hydrogens is 226 g/mol. The highest BCUT2D eigenvalue weighted by atomic mass is 16.4. The number of nitrogens with zero attached hydrogens (tertiary/aromatic N) is 1. The zero-order valence-corrected chi connectivity index (χ0v) is 11.6. The van der Waals surface area contributed by atoms with Crippen LogP contribution in [0.4, 0.5) is 0 Å². The molecule has 3 nitrogen and oxygen atoms in total. The number of hydrogen-bond acceptors (Lipinski definition) is 2. The molecule has 2 rings (SSSR count). The first-order valence-corrected chi connectivity index (χ1v) is 7.66. The van der Waals surface area contributed by atoms with Crippen molar-refractivity contribution in [1.82, 2.24) is 4.90 Å². The lowest BCUT2D eigenvalue weighted by Crippen LogP contribution is -2.46. The second-order valence-electron chi connectivity index (χ2n) is 6.10. The molecule has 1 N–H and O–H groups in total. The van der Waals surface area contributed by atoms with Gasteiger partial charge in [-0.05, 0) is 50.6 Å². The van der Waals surface area contributed by atoms with Gasteiger partial charge in [0, 0.05) is 12.5 Å². The number of carbonyl (C=O) groups is 1. The SMILES string of the molecule is CCC1CCCCC1N1CCC(CC(=O)O)CC1. The Kier molecular flexibility index (Phi) is 5.04. The molecule has 0 amide bonds. The summed E-state index contributed by atoms with van der Waals surface area (Å²) in [4.78, 5) is 13.4. The molecule has 0 radical (unpaired) electrons. The van der Waals surface area contributed by atoms with E-state index in [0.717, 1.165) is 37.9 Å². The number of piperidine rings is 1. The fourth-order valence-corrected chi connectivity index (χ4v) is 3.88. The fraction of sp³-hybridized carbons (Fsp3) is 0.933. The number of carboxylic acids is 1. The molecule has 2 aliphatic rings. The van der Waals surface area contributed by atoms with Gasteiger partial charge in [0.15, 0.2) is 0 Å². The minimum Gasteiger partial charge on any atom is -0.481 e. The summed E-state index contributed by atoms with van der Waals surface area (Å²) in [6.45, 7) is 4.57. The zero-order chi connectivity index (χ0) is 13.0. The maximum Gasteiger partial charge on any atom is 0.303 e. The Morgan fingerprint density at radius 1 is 1.17 bits per heavy atom. The molecule has 2 fully saturated rings. The molecule has 0 spiro atoms. The zero-order valence-electron chi connectivity index (χ0n) is 11.6. The molecule has 2 atom stereocenters. The smallest absolute Gasteiger partial charge is 0.303 e. The van der Waals surface area contributed by atoms with Gasteiger partial charge in [-0.25, -0.2) is 0 Å². The highest BCUT2D eigenvalue weighted by Crippen LogP contribution is 2.33. The van der Waals surface area contributed by atoms with Gasteiger partial charge in [0.2, 0.25) is 0 Å². The Balaban J connectivity index is 1.82. The molecule has 1 aliphatic heterocycles. The van der Waals surface area contributed by atoms with Gasteiger partial charge in [-0.3, -0.25) is 4.79 Å². The summed E-state index contributed by atoms with van der Waals surface area (Å²) < 4.78 is 0. The van der Waals surface area contributed by atoms with Crippen molar-refractivity contribution in [1.29, 1.82) is 0 Å². The second kappa shape index (κ2) is 6.55. The highest BCUT2D eigenvalue weighted by molar-refractivity contribution is 5.67. The van der Waals surface area contributed by atoms with Crippen LogP contribution >= 0.6 is 0 Å². The second-order valence-corrected chi connectivity index (χ2v) is 6.10. The molecule has 1 heterocycles. The van der Waals surface area contributed by atoms with Gasteiger partial charge < -0.3 is 10.0 Å². The predicted octanol–water partition coefficient (Wildman–Crippen LogP) is 3.14. The van der Waals surface area contributed by atoms with E-state index in [1.807, 2.05) is 0 Å². The van der Waals surface area contributed by atoms with Crippen molar-refractivity contribution in [3.63, 3.8) is 0 Å². The Morgan fingerprint density at radius 3 is 2.44 bits per heavy atom. The average molecular weight is 253 g/mol. The van der Waals surface area contributed by atoms with Crippen LogP contribution in [0.3, 0.4) is 0 Å². The molecule has 104 valence electrons. The molecule has 0 aromatic rings. The van der Waals surface area contributed by atoms with Crippen LogP contribution in [0.2, 0.25) is 0 Å². The summed E-state index contributed by atoms with van der Waals surface area (Å²) in [5.74, 6) is 0.676. The lowest BCUT2D eigenvalue weighted by Gasteiger charge is -2.43. The van der Waals surface area contributed by atoms with E-state index in [9.17, 15) is 4.79 Å². The van der Waals surface area contributed by atoms with Crippen LogP contribution in [0.1, 0.15) is 58.3 Å². The van der Waals surface area contributed by atoms with Crippen LogP contribution in [-0.2, 0) is 4.79 Å². The number of hydrogen-bond donors (Lipinski definition) is 1. The van der Waals surface area contributed by atoms with Gasteiger partial charge in [0.05, 0.1) is 0 Å². The molecule has 0 aromatic heterocycles. The van der Waals surface area contributed by atoms with Crippen LogP contribution in [0.25, 0.3) is 0 Å². The topological polar surface area (TPSA) is 40.5 Å². The Labute approximate surface area is 111 Å². The van der Waals surface area contributed by atoms with E-state index < -0.39 is 5.97 Å². The maximum atomic E-state index is 10.7. The van der Waals surface area contributed by atoms with E-state index in [0.29, 0.717) is 12.3 Å². The number of aliphatic carboxylic acids is 1. The van der Waals surface area contributed by atoms with E-state index in [2.05, 4.69) is 11.8 Å². The van der Waals surface area contributed by atoms with Gasteiger partial charge in [0.1, 0.15) is 0 Å². The summed E-state index contributed by atoms with van der Waals surface area (Å²) in [5.41, 5.74) is 0. The highest BCUT2D eigenvalue weighted by Gasteiger charge is 2.31. The summed E-state index contributed by atoms with van der Waals surface area (Å²) in [6, 6.07) is 0.787. The Hall–Kier alpha value is -0.570.